The van der Waals surface area contributed by atoms with Crippen LogP contribution >= 0.6 is 30.1 Å². The molecule has 0 aromatic carbocycles. The van der Waals surface area contributed by atoms with Gasteiger partial charge < -0.3 is 0 Å². The number of carbonyl (C=O) groups is 1. The molecule has 0 saturated heterocycles. The van der Waals surface area contributed by atoms with Crippen molar-refractivity contribution in [2.24, 2.45) is 4.99 Å². The number of halogens is 1. The molecule has 0 saturated carbocycles. The summed E-state index contributed by atoms with van der Waals surface area (Å²) in [5.74, 6) is 1.09. The third kappa shape index (κ3) is 10.4. The largest absolute Gasteiger partial charge is 0.273 e. The second-order valence-electron chi connectivity index (χ2n) is 2.14. The minimum Gasteiger partial charge on any atom is -0.273 e. The van der Waals surface area contributed by atoms with Gasteiger partial charge in [0.2, 0.25) is 5.91 Å². The molecule has 0 aliphatic heterocycles. The number of nitrogens with zero attached hydrogens (tertiary/aromatic N) is 1. The van der Waals surface area contributed by atoms with Gasteiger partial charge in [-0.2, -0.15) is 0 Å². The summed E-state index contributed by atoms with van der Waals surface area (Å²) < 4.78 is 0. The summed E-state index contributed by atoms with van der Waals surface area (Å²) in [6, 6.07) is 0. The molecule has 11 heavy (non-hydrogen) atoms. The average Bonchev–Trinajstić information content (AvgIpc) is 1.96. The van der Waals surface area contributed by atoms with Crippen LogP contribution in [-0.2, 0) is 4.79 Å². The standard InChI is InChI=1S/C7H12INOS/c1-7(10)9-5-3-2-4-6-11-8/h5H,2-4,6H2,1H3/b9-5+. The van der Waals surface area contributed by atoms with Gasteiger partial charge in [0.15, 0.2) is 0 Å². The second kappa shape index (κ2) is 8.52. The third-order valence-corrected chi connectivity index (χ3v) is 2.84. The predicted octanol–water partition coefficient (Wildman–Crippen LogP) is 2.86. The van der Waals surface area contributed by atoms with E-state index in [1.54, 1.807) is 6.21 Å². The Morgan fingerprint density at radius 3 is 2.91 bits per heavy atom. The Labute approximate surface area is 83.8 Å². The lowest BCUT2D eigenvalue weighted by atomic mass is 10.3. The Hall–Kier alpha value is 0.420. The monoisotopic (exact) mass is 285 g/mol. The Kier molecular flexibility index (Phi) is 8.84. The van der Waals surface area contributed by atoms with E-state index in [9.17, 15) is 4.79 Å². The maximum atomic E-state index is 10.3. The number of hydrogen-bond acceptors (Lipinski definition) is 2. The molecule has 0 heterocycles. The number of unbranched alkanes of at least 4 members (excludes halogenated alkanes) is 2. The first-order valence-corrected chi connectivity index (χ1v) is 7.07. The van der Waals surface area contributed by atoms with Crippen LogP contribution in [0.5, 0.6) is 0 Å². The van der Waals surface area contributed by atoms with Crippen molar-refractivity contribution in [1.29, 1.82) is 0 Å². The molecule has 4 heteroatoms. The Morgan fingerprint density at radius 1 is 1.64 bits per heavy atom. The third-order valence-electron chi connectivity index (χ3n) is 1.08. The van der Waals surface area contributed by atoms with E-state index < -0.39 is 0 Å². The first kappa shape index (κ1) is 11.4. The van der Waals surface area contributed by atoms with Crippen molar-refractivity contribution >= 4 is 42.3 Å². The van der Waals surface area contributed by atoms with E-state index in [2.05, 4.69) is 26.2 Å². The summed E-state index contributed by atoms with van der Waals surface area (Å²) >= 11 is 2.29. The van der Waals surface area contributed by atoms with Crippen LogP contribution in [0.1, 0.15) is 26.2 Å². The van der Waals surface area contributed by atoms with E-state index in [-0.39, 0.29) is 5.91 Å². The minimum absolute atomic E-state index is 0.103. The molecule has 0 rings (SSSR count). The molecular formula is C7H12INOS. The predicted molar refractivity (Wildman–Crippen MR) is 59.5 cm³/mol. The van der Waals surface area contributed by atoms with E-state index in [1.807, 2.05) is 8.93 Å². The maximum absolute atomic E-state index is 10.3. The summed E-state index contributed by atoms with van der Waals surface area (Å²) in [5.41, 5.74) is 0. The fourth-order valence-electron chi connectivity index (χ4n) is 0.585. The quantitative estimate of drug-likeness (QED) is 0.441. The highest BCUT2D eigenvalue weighted by molar-refractivity contribution is 14.2. The van der Waals surface area contributed by atoms with E-state index in [0.29, 0.717) is 0 Å². The van der Waals surface area contributed by atoms with Crippen molar-refractivity contribution in [1.82, 2.24) is 0 Å². The van der Waals surface area contributed by atoms with E-state index in [0.717, 1.165) is 12.8 Å². The fourth-order valence-corrected chi connectivity index (χ4v) is 1.83. The molecule has 0 aromatic rings. The first-order valence-electron chi connectivity index (χ1n) is 3.54. The van der Waals surface area contributed by atoms with Crippen molar-refractivity contribution in [3.8, 4) is 0 Å². The molecule has 2 nitrogen and oxygen atoms in total. The van der Waals surface area contributed by atoms with Crippen molar-refractivity contribution in [3.05, 3.63) is 0 Å². The van der Waals surface area contributed by atoms with Crippen LogP contribution in [0, 0.1) is 0 Å². The van der Waals surface area contributed by atoms with Crippen LogP contribution in [0.3, 0.4) is 0 Å². The van der Waals surface area contributed by atoms with Crippen LogP contribution in [0.4, 0.5) is 0 Å². The zero-order chi connectivity index (χ0) is 8.53. The van der Waals surface area contributed by atoms with Gasteiger partial charge in [-0.25, -0.2) is 4.99 Å². The van der Waals surface area contributed by atoms with Gasteiger partial charge in [-0.1, -0.05) is 8.93 Å². The number of rotatable bonds is 5. The van der Waals surface area contributed by atoms with Crippen molar-refractivity contribution in [2.75, 3.05) is 5.75 Å². The van der Waals surface area contributed by atoms with Gasteiger partial charge in [-0.3, -0.25) is 4.79 Å². The molecule has 0 unspecified atom stereocenters. The molecule has 0 atom stereocenters. The summed E-state index contributed by atoms with van der Waals surface area (Å²) in [6.45, 7) is 1.47. The molecular weight excluding hydrogens is 273 g/mol. The molecule has 0 aliphatic carbocycles. The van der Waals surface area contributed by atoms with Crippen molar-refractivity contribution in [2.45, 2.75) is 26.2 Å². The van der Waals surface area contributed by atoms with Crippen molar-refractivity contribution in [3.63, 3.8) is 0 Å². The van der Waals surface area contributed by atoms with Gasteiger partial charge in [-0.05, 0) is 40.5 Å². The van der Waals surface area contributed by atoms with Crippen LogP contribution in [0.15, 0.2) is 4.99 Å². The highest BCUT2D eigenvalue weighted by atomic mass is 127. The summed E-state index contributed by atoms with van der Waals surface area (Å²) in [7, 11) is 1.82. The lowest BCUT2D eigenvalue weighted by Gasteiger charge is -1.91. The Morgan fingerprint density at radius 2 is 2.36 bits per heavy atom. The minimum atomic E-state index is -0.103. The van der Waals surface area contributed by atoms with Gasteiger partial charge in [0.25, 0.3) is 0 Å². The van der Waals surface area contributed by atoms with Gasteiger partial charge in [0.05, 0.1) is 0 Å². The van der Waals surface area contributed by atoms with E-state index in [4.69, 9.17) is 0 Å². The number of hydrogen-bond donors (Lipinski definition) is 0. The normalized spacial score (nSPS) is 10.7. The summed E-state index contributed by atoms with van der Waals surface area (Å²) in [4.78, 5) is 14.0. The molecule has 0 aromatic heterocycles. The highest BCUT2D eigenvalue weighted by Crippen LogP contribution is 2.13. The topological polar surface area (TPSA) is 29.4 Å². The lowest BCUT2D eigenvalue weighted by Crippen LogP contribution is -1.85. The summed E-state index contributed by atoms with van der Waals surface area (Å²) in [5, 5.41) is 0. The molecule has 0 bridgehead atoms. The van der Waals surface area contributed by atoms with Crippen LogP contribution in [-0.4, -0.2) is 17.9 Å². The maximum Gasteiger partial charge on any atom is 0.242 e. The highest BCUT2D eigenvalue weighted by Gasteiger charge is 1.86. The van der Waals surface area contributed by atoms with E-state index >= 15 is 0 Å². The van der Waals surface area contributed by atoms with Gasteiger partial charge in [-0.15, -0.1) is 0 Å². The number of amides is 1. The van der Waals surface area contributed by atoms with Gasteiger partial charge in [0, 0.05) is 18.9 Å². The number of aliphatic imine (C=N–C) groups is 1. The Bertz CT molecular complexity index is 138. The molecule has 1 amide bonds. The summed E-state index contributed by atoms with van der Waals surface area (Å²) in [6.07, 6.45) is 4.97. The average molecular weight is 285 g/mol. The molecule has 0 fully saturated rings. The lowest BCUT2D eigenvalue weighted by molar-refractivity contribution is -0.115. The molecule has 0 N–H and O–H groups in total. The van der Waals surface area contributed by atoms with Crippen LogP contribution in [0.2, 0.25) is 0 Å². The zero-order valence-corrected chi connectivity index (χ0v) is 9.52. The second-order valence-corrected chi connectivity index (χ2v) is 4.63. The van der Waals surface area contributed by atoms with Crippen LogP contribution in [0.25, 0.3) is 0 Å². The smallest absolute Gasteiger partial charge is 0.242 e. The van der Waals surface area contributed by atoms with Crippen LogP contribution < -0.4 is 0 Å². The SMILES string of the molecule is CC(=O)/N=C/CCCCSI. The van der Waals surface area contributed by atoms with Gasteiger partial charge in [0.1, 0.15) is 0 Å². The zero-order valence-electron chi connectivity index (χ0n) is 6.55. The fraction of sp³-hybridized carbons (Fsp3) is 0.714. The molecule has 64 valence electrons. The number of carbonyl (C=O) groups excluding carboxylic acids is 1. The van der Waals surface area contributed by atoms with Gasteiger partial charge >= 0.3 is 0 Å². The molecule has 0 aliphatic rings. The molecule has 0 spiro atoms. The van der Waals surface area contributed by atoms with E-state index in [1.165, 1.54) is 19.1 Å². The van der Waals surface area contributed by atoms with Crippen molar-refractivity contribution < 1.29 is 4.79 Å². The first-order chi connectivity index (χ1) is 5.27. The molecule has 0 radical (unpaired) electrons. The Balaban J connectivity index is 3.07.